The van der Waals surface area contributed by atoms with E-state index in [1.165, 1.54) is 0 Å². The van der Waals surface area contributed by atoms with Gasteiger partial charge in [-0.15, -0.1) is 0 Å². The number of carboxylic acids is 1. The molecular weight excluding hydrogens is 348 g/mol. The smallest absolute Gasteiger partial charge is 0.322 e. The number of hydrogen-bond acceptors (Lipinski definition) is 4. The van der Waals surface area contributed by atoms with Gasteiger partial charge in [-0.2, -0.15) is 0 Å². The van der Waals surface area contributed by atoms with Crippen LogP contribution in [0.1, 0.15) is 25.8 Å². The molecule has 1 aromatic carbocycles. The van der Waals surface area contributed by atoms with Crippen molar-refractivity contribution >= 4 is 28.7 Å². The summed E-state index contributed by atoms with van der Waals surface area (Å²) in [5.74, 6) is -1.99. The van der Waals surface area contributed by atoms with Crippen LogP contribution < -0.4 is 16.4 Å². The molecule has 2 amide bonds. The van der Waals surface area contributed by atoms with E-state index in [0.717, 1.165) is 16.5 Å². The van der Waals surface area contributed by atoms with Crippen molar-refractivity contribution in [2.75, 3.05) is 6.54 Å². The van der Waals surface area contributed by atoms with Gasteiger partial charge in [0.1, 0.15) is 12.6 Å². The summed E-state index contributed by atoms with van der Waals surface area (Å²) >= 11 is 0. The Morgan fingerprint density at radius 1 is 1.19 bits per heavy atom. The Kier molecular flexibility index (Phi) is 6.95. The molecule has 0 bridgehead atoms. The monoisotopic (exact) mass is 374 g/mol. The highest BCUT2D eigenvalue weighted by atomic mass is 16.4. The Balaban J connectivity index is 2.02. The fraction of sp³-hybridized carbons (Fsp3) is 0.421. The van der Waals surface area contributed by atoms with Gasteiger partial charge < -0.3 is 26.5 Å². The third kappa shape index (κ3) is 5.82. The normalized spacial score (nSPS) is 13.3. The summed E-state index contributed by atoms with van der Waals surface area (Å²) < 4.78 is 0. The minimum Gasteiger partial charge on any atom is -0.480 e. The number of hydrogen-bond donors (Lipinski definition) is 5. The number of H-pyrrole nitrogens is 1. The number of carbonyl (C=O) groups excluding carboxylic acids is 2. The molecule has 6 N–H and O–H groups in total. The Hall–Kier alpha value is -2.87. The summed E-state index contributed by atoms with van der Waals surface area (Å²) in [7, 11) is 0. The van der Waals surface area contributed by atoms with Crippen LogP contribution in [-0.4, -0.2) is 46.5 Å². The van der Waals surface area contributed by atoms with Crippen LogP contribution in [0.4, 0.5) is 0 Å². The molecule has 8 nitrogen and oxygen atoms in total. The van der Waals surface area contributed by atoms with Crippen LogP contribution in [0.5, 0.6) is 0 Å². The summed E-state index contributed by atoms with van der Waals surface area (Å²) in [5, 5.41) is 14.7. The van der Waals surface area contributed by atoms with Gasteiger partial charge in [0.25, 0.3) is 0 Å². The number of carboxylic acid groups (broad SMARTS) is 1. The lowest BCUT2D eigenvalue weighted by Gasteiger charge is -2.21. The van der Waals surface area contributed by atoms with Crippen LogP contribution in [0.15, 0.2) is 30.5 Å². The summed E-state index contributed by atoms with van der Waals surface area (Å²) in [6.07, 6.45) is 2.53. The number of aliphatic carboxylic acids is 1. The highest BCUT2D eigenvalue weighted by Gasteiger charge is 2.25. The lowest BCUT2D eigenvalue weighted by Crippen LogP contribution is -2.53. The first-order chi connectivity index (χ1) is 12.8. The second kappa shape index (κ2) is 9.18. The molecule has 2 atom stereocenters. The molecule has 0 saturated heterocycles. The average molecular weight is 374 g/mol. The molecule has 1 heterocycles. The SMILES string of the molecule is CC(C)C[C@H](NC(=O)[C@@H](N)Cc1c[nH]c2ccccc12)C(=O)NCC(=O)O. The summed E-state index contributed by atoms with van der Waals surface area (Å²) in [6.45, 7) is 3.33. The number of amides is 2. The molecule has 27 heavy (non-hydrogen) atoms. The lowest BCUT2D eigenvalue weighted by atomic mass is 10.0. The maximum absolute atomic E-state index is 12.5. The second-order valence-electron chi connectivity index (χ2n) is 6.97. The number of benzene rings is 1. The molecule has 1 aromatic heterocycles. The summed E-state index contributed by atoms with van der Waals surface area (Å²) in [4.78, 5) is 38.5. The van der Waals surface area contributed by atoms with E-state index in [4.69, 9.17) is 10.8 Å². The van der Waals surface area contributed by atoms with E-state index in [1.54, 1.807) is 0 Å². The first kappa shape index (κ1) is 20.4. The quantitative estimate of drug-likeness (QED) is 0.441. The minimum atomic E-state index is -1.14. The molecule has 0 aliphatic rings. The van der Waals surface area contributed by atoms with Gasteiger partial charge in [0.05, 0.1) is 6.04 Å². The van der Waals surface area contributed by atoms with E-state index < -0.39 is 36.4 Å². The van der Waals surface area contributed by atoms with E-state index in [9.17, 15) is 14.4 Å². The zero-order chi connectivity index (χ0) is 20.0. The largest absolute Gasteiger partial charge is 0.480 e. The van der Waals surface area contributed by atoms with Gasteiger partial charge in [0.2, 0.25) is 11.8 Å². The molecule has 0 spiro atoms. The third-order valence-electron chi connectivity index (χ3n) is 4.21. The van der Waals surface area contributed by atoms with Crippen LogP contribution in [0.3, 0.4) is 0 Å². The molecule has 0 fully saturated rings. The van der Waals surface area contributed by atoms with E-state index in [-0.39, 0.29) is 5.92 Å². The maximum Gasteiger partial charge on any atom is 0.322 e. The van der Waals surface area contributed by atoms with Crippen molar-refractivity contribution in [2.45, 2.75) is 38.8 Å². The van der Waals surface area contributed by atoms with Crippen molar-refractivity contribution in [3.63, 3.8) is 0 Å². The molecule has 2 aromatic rings. The van der Waals surface area contributed by atoms with Crippen LogP contribution in [-0.2, 0) is 20.8 Å². The number of nitrogens with two attached hydrogens (primary N) is 1. The van der Waals surface area contributed by atoms with Gasteiger partial charge in [-0.1, -0.05) is 32.0 Å². The second-order valence-corrected chi connectivity index (χ2v) is 6.97. The van der Waals surface area contributed by atoms with Crippen molar-refractivity contribution in [3.05, 3.63) is 36.0 Å². The Bertz CT molecular complexity index is 815. The molecule has 146 valence electrons. The first-order valence-electron chi connectivity index (χ1n) is 8.88. The Morgan fingerprint density at radius 2 is 1.89 bits per heavy atom. The van der Waals surface area contributed by atoms with Crippen LogP contribution in [0.2, 0.25) is 0 Å². The van der Waals surface area contributed by atoms with Gasteiger partial charge >= 0.3 is 5.97 Å². The topological polar surface area (TPSA) is 137 Å². The molecule has 0 aliphatic carbocycles. The van der Waals surface area contributed by atoms with Crippen molar-refractivity contribution in [1.82, 2.24) is 15.6 Å². The van der Waals surface area contributed by atoms with Crippen molar-refractivity contribution in [2.24, 2.45) is 11.7 Å². The van der Waals surface area contributed by atoms with Gasteiger partial charge in [-0.3, -0.25) is 14.4 Å². The number of fused-ring (bicyclic) bond motifs is 1. The Morgan fingerprint density at radius 3 is 2.56 bits per heavy atom. The fourth-order valence-corrected chi connectivity index (χ4v) is 2.90. The number of nitrogens with one attached hydrogen (secondary N) is 3. The van der Waals surface area contributed by atoms with Crippen molar-refractivity contribution in [1.29, 1.82) is 0 Å². The Labute approximate surface area is 157 Å². The first-order valence-corrected chi connectivity index (χ1v) is 8.88. The van der Waals surface area contributed by atoms with Crippen molar-refractivity contribution in [3.8, 4) is 0 Å². The standard InChI is InChI=1S/C19H26N4O4/c1-11(2)7-16(19(27)22-10-17(24)25)23-18(26)14(20)8-12-9-21-15-6-4-3-5-13(12)15/h3-6,9,11,14,16,21H,7-8,10,20H2,1-2H3,(H,22,27)(H,23,26)(H,24,25)/t14-,16-/m0/s1. The van der Waals surface area contributed by atoms with E-state index >= 15 is 0 Å². The van der Waals surface area contributed by atoms with Crippen LogP contribution >= 0.6 is 0 Å². The van der Waals surface area contributed by atoms with E-state index in [1.807, 2.05) is 44.3 Å². The minimum absolute atomic E-state index is 0.135. The molecule has 8 heteroatoms. The highest BCUT2D eigenvalue weighted by Crippen LogP contribution is 2.18. The average Bonchev–Trinajstić information content (AvgIpc) is 3.01. The number of para-hydroxylation sites is 1. The molecular formula is C19H26N4O4. The van der Waals surface area contributed by atoms with Gasteiger partial charge in [0, 0.05) is 17.1 Å². The molecule has 0 unspecified atom stereocenters. The fourth-order valence-electron chi connectivity index (χ4n) is 2.90. The van der Waals surface area contributed by atoms with Gasteiger partial charge in [-0.25, -0.2) is 0 Å². The number of carbonyl (C=O) groups is 3. The maximum atomic E-state index is 12.5. The van der Waals surface area contributed by atoms with Gasteiger partial charge in [0.15, 0.2) is 0 Å². The molecule has 0 saturated carbocycles. The van der Waals surface area contributed by atoms with Gasteiger partial charge in [-0.05, 0) is 30.4 Å². The predicted octanol–water partition coefficient (Wildman–Crippen LogP) is 0.769. The summed E-state index contributed by atoms with van der Waals surface area (Å²) in [6, 6.07) is 6.07. The zero-order valence-corrected chi connectivity index (χ0v) is 15.5. The molecule has 0 aliphatic heterocycles. The van der Waals surface area contributed by atoms with Crippen LogP contribution in [0, 0.1) is 5.92 Å². The van der Waals surface area contributed by atoms with Crippen LogP contribution in [0.25, 0.3) is 10.9 Å². The number of aromatic nitrogens is 1. The number of rotatable bonds is 9. The number of aromatic amines is 1. The van der Waals surface area contributed by atoms with E-state index in [0.29, 0.717) is 12.8 Å². The highest BCUT2D eigenvalue weighted by molar-refractivity contribution is 5.91. The van der Waals surface area contributed by atoms with Crippen molar-refractivity contribution < 1.29 is 19.5 Å². The third-order valence-corrected chi connectivity index (χ3v) is 4.21. The zero-order valence-electron chi connectivity index (χ0n) is 15.5. The predicted molar refractivity (Wildman–Crippen MR) is 102 cm³/mol. The van der Waals surface area contributed by atoms with E-state index in [2.05, 4.69) is 15.6 Å². The molecule has 0 radical (unpaired) electrons. The lowest BCUT2D eigenvalue weighted by molar-refractivity contribution is -0.138. The molecule has 2 rings (SSSR count). The summed E-state index contributed by atoms with van der Waals surface area (Å²) in [5.41, 5.74) is 7.93.